The van der Waals surface area contributed by atoms with E-state index in [9.17, 15) is 9.59 Å². The number of H-pyrrole nitrogens is 1. The van der Waals surface area contributed by atoms with Gasteiger partial charge in [0.15, 0.2) is 28.8 Å². The Labute approximate surface area is 208 Å². The summed E-state index contributed by atoms with van der Waals surface area (Å²) in [6.07, 6.45) is 0.878. The van der Waals surface area contributed by atoms with E-state index in [0.29, 0.717) is 47.3 Å². The SMILES string of the molecule is COc1ccc(CCNC(=O)CCc2nnc(-c3cc(OC)c(OC)c(OC)c3)[nH]c2=O)cc1OC. The minimum Gasteiger partial charge on any atom is -0.493 e. The molecule has 192 valence electrons. The van der Waals surface area contributed by atoms with Gasteiger partial charge in [-0.2, -0.15) is 0 Å². The summed E-state index contributed by atoms with van der Waals surface area (Å²) in [5, 5.41) is 11.0. The van der Waals surface area contributed by atoms with Gasteiger partial charge in [-0.05, 0) is 36.2 Å². The number of carbonyl (C=O) groups excluding carboxylic acids is 1. The van der Waals surface area contributed by atoms with Crippen LogP contribution in [0.5, 0.6) is 28.7 Å². The lowest BCUT2D eigenvalue weighted by Gasteiger charge is -2.13. The van der Waals surface area contributed by atoms with Gasteiger partial charge in [0.05, 0.1) is 35.5 Å². The Bertz CT molecular complexity index is 1230. The second kappa shape index (κ2) is 12.4. The van der Waals surface area contributed by atoms with Crippen molar-refractivity contribution in [3.05, 3.63) is 51.9 Å². The molecule has 3 rings (SSSR count). The Morgan fingerprint density at radius 3 is 2.08 bits per heavy atom. The molecule has 2 aromatic carbocycles. The lowest BCUT2D eigenvalue weighted by Crippen LogP contribution is -2.27. The molecule has 0 radical (unpaired) electrons. The van der Waals surface area contributed by atoms with Crippen molar-refractivity contribution in [2.75, 3.05) is 42.1 Å². The first kappa shape index (κ1) is 26.3. The summed E-state index contributed by atoms with van der Waals surface area (Å²) in [6.45, 7) is 0.441. The topological polar surface area (TPSA) is 134 Å². The van der Waals surface area contributed by atoms with E-state index in [1.165, 1.54) is 21.3 Å². The van der Waals surface area contributed by atoms with Gasteiger partial charge in [0.2, 0.25) is 11.7 Å². The van der Waals surface area contributed by atoms with E-state index in [0.717, 1.165) is 5.56 Å². The Morgan fingerprint density at radius 2 is 1.50 bits per heavy atom. The maximum atomic E-state index is 12.6. The monoisotopic (exact) mass is 498 g/mol. The first-order valence-electron chi connectivity index (χ1n) is 11.2. The fraction of sp³-hybridized carbons (Fsp3) is 0.360. The number of aromatic nitrogens is 3. The molecule has 1 heterocycles. The van der Waals surface area contributed by atoms with Gasteiger partial charge in [0.25, 0.3) is 5.56 Å². The molecule has 0 bridgehead atoms. The molecular weight excluding hydrogens is 468 g/mol. The van der Waals surface area contributed by atoms with Gasteiger partial charge in [0, 0.05) is 24.9 Å². The largest absolute Gasteiger partial charge is 0.493 e. The van der Waals surface area contributed by atoms with Gasteiger partial charge in [0.1, 0.15) is 5.69 Å². The molecule has 0 fully saturated rings. The number of amides is 1. The number of carbonyl (C=O) groups is 1. The van der Waals surface area contributed by atoms with Crippen molar-refractivity contribution in [1.82, 2.24) is 20.5 Å². The highest BCUT2D eigenvalue weighted by Gasteiger charge is 2.16. The Hall–Kier alpha value is -4.28. The average molecular weight is 499 g/mol. The quantitative estimate of drug-likeness (QED) is 0.385. The second-order valence-electron chi connectivity index (χ2n) is 7.65. The predicted molar refractivity (Wildman–Crippen MR) is 132 cm³/mol. The smallest absolute Gasteiger partial charge is 0.273 e. The standard InChI is InChI=1S/C25H30N4O7/c1-32-18-8-6-15(12-19(18)33-2)10-11-26-22(30)9-7-17-25(31)27-24(29-28-17)16-13-20(34-3)23(36-5)21(14-16)35-4/h6,8,12-14H,7,9-11H2,1-5H3,(H,26,30)(H,27,29,31). The third-order valence-electron chi connectivity index (χ3n) is 5.48. The number of ether oxygens (including phenoxy) is 5. The molecule has 0 saturated carbocycles. The Kier molecular flexibility index (Phi) is 9.09. The summed E-state index contributed by atoms with van der Waals surface area (Å²) in [5.74, 6) is 2.59. The van der Waals surface area contributed by atoms with Crippen LogP contribution in [0.15, 0.2) is 35.1 Å². The van der Waals surface area contributed by atoms with Crippen molar-refractivity contribution in [1.29, 1.82) is 0 Å². The number of hydrogen-bond acceptors (Lipinski definition) is 9. The lowest BCUT2D eigenvalue weighted by atomic mass is 10.1. The van der Waals surface area contributed by atoms with E-state index < -0.39 is 5.56 Å². The van der Waals surface area contributed by atoms with Crippen LogP contribution < -0.4 is 34.6 Å². The normalized spacial score (nSPS) is 10.5. The molecule has 1 aromatic heterocycles. The second-order valence-corrected chi connectivity index (χ2v) is 7.65. The molecule has 0 aliphatic carbocycles. The van der Waals surface area contributed by atoms with Crippen LogP contribution in [0.3, 0.4) is 0 Å². The van der Waals surface area contributed by atoms with Gasteiger partial charge in [-0.1, -0.05) is 6.07 Å². The summed E-state index contributed by atoms with van der Waals surface area (Å²) in [5.41, 5.74) is 1.28. The molecule has 11 nitrogen and oxygen atoms in total. The van der Waals surface area contributed by atoms with E-state index in [2.05, 4.69) is 20.5 Å². The number of aryl methyl sites for hydroxylation is 1. The van der Waals surface area contributed by atoms with Gasteiger partial charge in [-0.3, -0.25) is 9.59 Å². The zero-order valence-electron chi connectivity index (χ0n) is 21.0. The van der Waals surface area contributed by atoms with Crippen LogP contribution in [-0.2, 0) is 17.6 Å². The van der Waals surface area contributed by atoms with E-state index in [4.69, 9.17) is 23.7 Å². The maximum Gasteiger partial charge on any atom is 0.273 e. The number of aromatic amines is 1. The van der Waals surface area contributed by atoms with Gasteiger partial charge >= 0.3 is 0 Å². The molecule has 0 spiro atoms. The summed E-state index contributed by atoms with van der Waals surface area (Å²) < 4.78 is 26.5. The molecule has 0 aliphatic heterocycles. The van der Waals surface area contributed by atoms with Crippen molar-refractivity contribution in [3.8, 4) is 40.1 Å². The highest BCUT2D eigenvalue weighted by molar-refractivity contribution is 5.76. The number of rotatable bonds is 12. The third kappa shape index (κ3) is 6.23. The lowest BCUT2D eigenvalue weighted by molar-refractivity contribution is -0.121. The summed E-state index contributed by atoms with van der Waals surface area (Å²) in [4.78, 5) is 27.6. The molecule has 1 amide bonds. The average Bonchev–Trinajstić information content (AvgIpc) is 2.91. The van der Waals surface area contributed by atoms with Gasteiger partial charge < -0.3 is 34.0 Å². The molecule has 0 aliphatic rings. The molecule has 0 saturated heterocycles. The maximum absolute atomic E-state index is 12.6. The van der Waals surface area contributed by atoms with Crippen LogP contribution in [0.25, 0.3) is 11.4 Å². The van der Waals surface area contributed by atoms with Crippen molar-refractivity contribution in [2.45, 2.75) is 19.3 Å². The molecule has 0 atom stereocenters. The van der Waals surface area contributed by atoms with Crippen LogP contribution in [0.1, 0.15) is 17.7 Å². The molecule has 2 N–H and O–H groups in total. The van der Waals surface area contributed by atoms with Crippen LogP contribution in [0.4, 0.5) is 0 Å². The molecule has 11 heteroatoms. The fourth-order valence-corrected chi connectivity index (χ4v) is 3.57. The van der Waals surface area contributed by atoms with Crippen LogP contribution in [0.2, 0.25) is 0 Å². The van der Waals surface area contributed by atoms with Crippen molar-refractivity contribution >= 4 is 5.91 Å². The summed E-state index contributed by atoms with van der Waals surface area (Å²) >= 11 is 0. The number of nitrogens with one attached hydrogen (secondary N) is 2. The first-order valence-corrected chi connectivity index (χ1v) is 11.2. The number of benzene rings is 2. The number of methoxy groups -OCH3 is 5. The summed E-state index contributed by atoms with van der Waals surface area (Å²) in [6, 6.07) is 8.93. The highest BCUT2D eigenvalue weighted by Crippen LogP contribution is 2.40. The van der Waals surface area contributed by atoms with E-state index in [1.807, 2.05) is 18.2 Å². The zero-order valence-corrected chi connectivity index (χ0v) is 21.0. The molecule has 0 unspecified atom stereocenters. The fourth-order valence-electron chi connectivity index (χ4n) is 3.57. The Morgan fingerprint density at radius 1 is 0.833 bits per heavy atom. The van der Waals surface area contributed by atoms with Gasteiger partial charge in [-0.25, -0.2) is 0 Å². The number of hydrogen-bond donors (Lipinski definition) is 2. The molecule has 3 aromatic rings. The molecular formula is C25H30N4O7. The van der Waals surface area contributed by atoms with E-state index in [1.54, 1.807) is 26.4 Å². The third-order valence-corrected chi connectivity index (χ3v) is 5.48. The van der Waals surface area contributed by atoms with Crippen molar-refractivity contribution in [2.24, 2.45) is 0 Å². The Balaban J connectivity index is 1.59. The van der Waals surface area contributed by atoms with Crippen LogP contribution >= 0.6 is 0 Å². The molecule has 36 heavy (non-hydrogen) atoms. The highest BCUT2D eigenvalue weighted by atomic mass is 16.5. The first-order chi connectivity index (χ1) is 17.4. The van der Waals surface area contributed by atoms with Crippen LogP contribution in [0, 0.1) is 0 Å². The van der Waals surface area contributed by atoms with E-state index >= 15 is 0 Å². The van der Waals surface area contributed by atoms with E-state index in [-0.39, 0.29) is 30.3 Å². The zero-order chi connectivity index (χ0) is 26.1. The minimum absolute atomic E-state index is 0.104. The number of nitrogens with zero attached hydrogens (tertiary/aromatic N) is 2. The van der Waals surface area contributed by atoms with Gasteiger partial charge in [-0.15, -0.1) is 10.2 Å². The van der Waals surface area contributed by atoms with Crippen molar-refractivity contribution < 1.29 is 28.5 Å². The predicted octanol–water partition coefficient (Wildman–Crippen LogP) is 2.17. The van der Waals surface area contributed by atoms with Crippen LogP contribution in [-0.4, -0.2) is 63.2 Å². The summed E-state index contributed by atoms with van der Waals surface area (Å²) in [7, 11) is 7.65. The minimum atomic E-state index is -0.424. The van der Waals surface area contributed by atoms with Crippen molar-refractivity contribution in [3.63, 3.8) is 0 Å².